The van der Waals surface area contributed by atoms with Crippen LogP contribution in [0, 0.1) is 11.8 Å². The molecule has 0 heterocycles. The third-order valence-electron chi connectivity index (χ3n) is 3.83. The molecule has 2 unspecified atom stereocenters. The van der Waals surface area contributed by atoms with E-state index in [4.69, 9.17) is 5.73 Å². The number of benzene rings is 1. The van der Waals surface area contributed by atoms with E-state index in [0.29, 0.717) is 5.92 Å². The van der Waals surface area contributed by atoms with Crippen molar-refractivity contribution in [3.8, 4) is 0 Å². The number of carbonyl (C=O) groups is 1. The Bertz CT molecular complexity index is 445. The lowest BCUT2D eigenvalue weighted by Gasteiger charge is -2.30. The Morgan fingerprint density at radius 1 is 1.09 bits per heavy atom. The topological polar surface area (TPSA) is 49.6 Å². The van der Waals surface area contributed by atoms with E-state index in [-0.39, 0.29) is 17.9 Å². The third-order valence-corrected chi connectivity index (χ3v) is 3.83. The zero-order valence-corrected chi connectivity index (χ0v) is 14.6. The standard InChI is InChI=1S/C18H31N3O/c1-14(2)13-21(12-11-20(4)5)18(22)15(3)17(19)16-9-7-6-8-10-16/h6-10,14-15,17H,11-13,19H2,1-5H3. The summed E-state index contributed by atoms with van der Waals surface area (Å²) < 4.78 is 0. The van der Waals surface area contributed by atoms with Crippen molar-refractivity contribution in [3.63, 3.8) is 0 Å². The molecule has 4 nitrogen and oxygen atoms in total. The minimum absolute atomic E-state index is 0.145. The van der Waals surface area contributed by atoms with Crippen LogP contribution in [0.5, 0.6) is 0 Å². The molecule has 1 aromatic rings. The monoisotopic (exact) mass is 305 g/mol. The van der Waals surface area contributed by atoms with E-state index in [1.54, 1.807) is 0 Å². The maximum Gasteiger partial charge on any atom is 0.227 e. The normalized spacial score (nSPS) is 14.2. The minimum atomic E-state index is -0.261. The molecule has 2 atom stereocenters. The van der Waals surface area contributed by atoms with Gasteiger partial charge in [0.15, 0.2) is 0 Å². The molecule has 1 aromatic carbocycles. The Hall–Kier alpha value is -1.39. The van der Waals surface area contributed by atoms with Crippen molar-refractivity contribution in [2.24, 2.45) is 17.6 Å². The highest BCUT2D eigenvalue weighted by molar-refractivity contribution is 5.79. The van der Waals surface area contributed by atoms with Gasteiger partial charge in [-0.1, -0.05) is 51.1 Å². The fourth-order valence-electron chi connectivity index (χ4n) is 2.46. The Labute approximate surface area is 135 Å². The van der Waals surface area contributed by atoms with Crippen molar-refractivity contribution in [2.75, 3.05) is 33.7 Å². The summed E-state index contributed by atoms with van der Waals surface area (Å²) >= 11 is 0. The van der Waals surface area contributed by atoms with Crippen LogP contribution >= 0.6 is 0 Å². The Balaban J connectivity index is 2.78. The summed E-state index contributed by atoms with van der Waals surface area (Å²) in [5.74, 6) is 0.376. The van der Waals surface area contributed by atoms with Gasteiger partial charge in [-0.05, 0) is 25.6 Å². The van der Waals surface area contributed by atoms with E-state index in [1.165, 1.54) is 0 Å². The molecule has 22 heavy (non-hydrogen) atoms. The molecular weight excluding hydrogens is 274 g/mol. The van der Waals surface area contributed by atoms with Crippen LogP contribution in [0.4, 0.5) is 0 Å². The van der Waals surface area contributed by atoms with E-state index in [0.717, 1.165) is 25.2 Å². The van der Waals surface area contributed by atoms with Crippen LogP contribution in [0.3, 0.4) is 0 Å². The number of nitrogens with zero attached hydrogens (tertiary/aromatic N) is 2. The molecule has 0 bridgehead atoms. The smallest absolute Gasteiger partial charge is 0.227 e. The average Bonchev–Trinajstić information content (AvgIpc) is 2.49. The summed E-state index contributed by atoms with van der Waals surface area (Å²) in [5, 5.41) is 0. The Kier molecular flexibility index (Phi) is 7.56. The molecule has 0 aliphatic heterocycles. The highest BCUT2D eigenvalue weighted by Gasteiger charge is 2.27. The van der Waals surface area contributed by atoms with E-state index in [9.17, 15) is 4.79 Å². The van der Waals surface area contributed by atoms with Crippen LogP contribution < -0.4 is 5.73 Å². The van der Waals surface area contributed by atoms with Crippen molar-refractivity contribution in [3.05, 3.63) is 35.9 Å². The van der Waals surface area contributed by atoms with Gasteiger partial charge in [-0.2, -0.15) is 0 Å². The van der Waals surface area contributed by atoms with Crippen molar-refractivity contribution < 1.29 is 4.79 Å². The molecule has 124 valence electrons. The number of hydrogen-bond acceptors (Lipinski definition) is 3. The van der Waals surface area contributed by atoms with Crippen LogP contribution in [-0.2, 0) is 4.79 Å². The van der Waals surface area contributed by atoms with E-state index in [2.05, 4.69) is 18.7 Å². The molecule has 0 aromatic heterocycles. The van der Waals surface area contributed by atoms with Gasteiger partial charge < -0.3 is 15.5 Å². The molecule has 0 fully saturated rings. The highest BCUT2D eigenvalue weighted by atomic mass is 16.2. The molecule has 0 spiro atoms. The molecule has 0 saturated carbocycles. The van der Waals surface area contributed by atoms with Crippen LogP contribution in [0.25, 0.3) is 0 Å². The lowest BCUT2D eigenvalue weighted by molar-refractivity contribution is -0.136. The van der Waals surface area contributed by atoms with Crippen LogP contribution in [0.15, 0.2) is 30.3 Å². The van der Waals surface area contributed by atoms with Crippen LogP contribution in [-0.4, -0.2) is 49.4 Å². The van der Waals surface area contributed by atoms with Crippen molar-refractivity contribution in [1.82, 2.24) is 9.80 Å². The van der Waals surface area contributed by atoms with Crippen molar-refractivity contribution in [2.45, 2.75) is 26.8 Å². The molecule has 0 radical (unpaired) electrons. The van der Waals surface area contributed by atoms with Crippen LogP contribution in [0.2, 0.25) is 0 Å². The number of amides is 1. The molecule has 1 rings (SSSR count). The second-order valence-corrected chi connectivity index (χ2v) is 6.71. The summed E-state index contributed by atoms with van der Waals surface area (Å²) in [6.45, 7) is 8.60. The number of carbonyl (C=O) groups excluding carboxylic acids is 1. The summed E-state index contributed by atoms with van der Waals surface area (Å²) in [6, 6.07) is 9.60. The fourth-order valence-corrected chi connectivity index (χ4v) is 2.46. The molecule has 0 saturated heterocycles. The van der Waals surface area contributed by atoms with Gasteiger partial charge >= 0.3 is 0 Å². The van der Waals surface area contributed by atoms with Gasteiger partial charge in [0.2, 0.25) is 5.91 Å². The summed E-state index contributed by atoms with van der Waals surface area (Å²) in [6.07, 6.45) is 0. The summed E-state index contributed by atoms with van der Waals surface area (Å²) in [4.78, 5) is 16.9. The van der Waals surface area contributed by atoms with Gasteiger partial charge in [0.25, 0.3) is 0 Å². The largest absolute Gasteiger partial charge is 0.341 e. The van der Waals surface area contributed by atoms with Gasteiger partial charge in [0, 0.05) is 25.7 Å². The highest BCUT2D eigenvalue weighted by Crippen LogP contribution is 2.21. The first-order valence-electron chi connectivity index (χ1n) is 8.07. The molecule has 4 heteroatoms. The fraction of sp³-hybridized carbons (Fsp3) is 0.611. The number of likely N-dealkylation sites (N-methyl/N-ethyl adjacent to an activating group) is 1. The van der Waals surface area contributed by atoms with Gasteiger partial charge in [0.05, 0.1) is 5.92 Å². The maximum atomic E-state index is 12.8. The summed E-state index contributed by atoms with van der Waals surface area (Å²) in [5.41, 5.74) is 7.32. The SMILES string of the molecule is CC(C)CN(CCN(C)C)C(=O)C(C)C(N)c1ccccc1. The zero-order valence-electron chi connectivity index (χ0n) is 14.6. The van der Waals surface area contributed by atoms with Gasteiger partial charge in [-0.25, -0.2) is 0 Å². The molecule has 0 aliphatic rings. The average molecular weight is 305 g/mol. The van der Waals surface area contributed by atoms with E-state index in [1.807, 2.05) is 56.3 Å². The molecule has 1 amide bonds. The first-order valence-corrected chi connectivity index (χ1v) is 8.07. The van der Waals surface area contributed by atoms with Crippen molar-refractivity contribution in [1.29, 1.82) is 0 Å². The minimum Gasteiger partial charge on any atom is -0.341 e. The van der Waals surface area contributed by atoms with E-state index >= 15 is 0 Å². The molecule has 2 N–H and O–H groups in total. The number of rotatable bonds is 8. The predicted molar refractivity (Wildman–Crippen MR) is 92.5 cm³/mol. The molecule has 0 aliphatic carbocycles. The number of nitrogens with two attached hydrogens (primary N) is 1. The van der Waals surface area contributed by atoms with Gasteiger partial charge in [-0.3, -0.25) is 4.79 Å². The maximum absolute atomic E-state index is 12.8. The Morgan fingerprint density at radius 3 is 2.18 bits per heavy atom. The number of hydrogen-bond donors (Lipinski definition) is 1. The molecular formula is C18H31N3O. The van der Waals surface area contributed by atoms with Gasteiger partial charge in [0.1, 0.15) is 0 Å². The van der Waals surface area contributed by atoms with Crippen LogP contribution in [0.1, 0.15) is 32.4 Å². The van der Waals surface area contributed by atoms with Gasteiger partial charge in [-0.15, -0.1) is 0 Å². The van der Waals surface area contributed by atoms with Crippen molar-refractivity contribution >= 4 is 5.91 Å². The lowest BCUT2D eigenvalue weighted by atomic mass is 9.94. The summed E-state index contributed by atoms with van der Waals surface area (Å²) in [7, 11) is 4.05. The first kappa shape index (κ1) is 18.7. The Morgan fingerprint density at radius 2 is 1.68 bits per heavy atom. The van der Waals surface area contributed by atoms with E-state index < -0.39 is 0 Å². The quantitative estimate of drug-likeness (QED) is 0.802. The zero-order chi connectivity index (χ0) is 16.7. The predicted octanol–water partition coefficient (Wildman–Crippen LogP) is 2.37. The lowest BCUT2D eigenvalue weighted by Crippen LogP contribution is -2.44. The second kappa shape index (κ2) is 8.91. The second-order valence-electron chi connectivity index (χ2n) is 6.71. The first-order chi connectivity index (χ1) is 10.3. The third kappa shape index (κ3) is 5.78.